The lowest BCUT2D eigenvalue weighted by Gasteiger charge is -1.93. The van der Waals surface area contributed by atoms with Gasteiger partial charge in [-0.3, -0.25) is 0 Å². The number of hydrogen-bond donors (Lipinski definition) is 2. The van der Waals surface area contributed by atoms with Crippen LogP contribution in [0.2, 0.25) is 0 Å². The fraction of sp³-hybridized carbons (Fsp3) is 0. The van der Waals surface area contributed by atoms with Gasteiger partial charge in [-0.15, -0.1) is 0 Å². The van der Waals surface area contributed by atoms with Gasteiger partial charge in [0.15, 0.2) is 5.03 Å². The number of nitro groups is 1. The van der Waals surface area contributed by atoms with Gasteiger partial charge in [0.25, 0.3) is 0 Å². The van der Waals surface area contributed by atoms with Crippen LogP contribution >= 0.6 is 0 Å². The van der Waals surface area contributed by atoms with E-state index in [1.807, 2.05) is 0 Å². The van der Waals surface area contributed by atoms with E-state index < -0.39 is 20.5 Å². The van der Waals surface area contributed by atoms with Crippen molar-refractivity contribution in [2.45, 2.75) is 0 Å². The van der Waals surface area contributed by atoms with Gasteiger partial charge in [-0.05, 0) is 0 Å². The maximum atomic E-state index is 10.0. The Hall–Kier alpha value is -1.42. The van der Waals surface area contributed by atoms with E-state index in [9.17, 15) is 23.3 Å². The van der Waals surface area contributed by atoms with Crippen LogP contribution in [0.3, 0.4) is 0 Å². The van der Waals surface area contributed by atoms with E-state index in [0.717, 1.165) is 5.59 Å². The summed E-state index contributed by atoms with van der Waals surface area (Å²) in [5.41, 5.74) is 0.721. The molecule has 0 bridgehead atoms. The summed E-state index contributed by atoms with van der Waals surface area (Å²) < 4.78 is 23.3. The lowest BCUT2D eigenvalue weighted by atomic mass is 11.6. The van der Waals surface area contributed by atoms with E-state index >= 15 is 0 Å². The SMILES string of the molecule is O=C(O)S(=O)(=O)ON[N+](=O)[O-]. The largest absolute Gasteiger partial charge is 0.468 e. The quantitative estimate of drug-likeness (QED) is 0.410. The summed E-state index contributed by atoms with van der Waals surface area (Å²) in [6.07, 6.45) is 0. The van der Waals surface area contributed by atoms with Gasteiger partial charge in [-0.25, -0.2) is 14.9 Å². The highest BCUT2D eigenvalue weighted by Gasteiger charge is 2.24. The minimum Gasteiger partial charge on any atom is -0.468 e. The number of hydrazine groups is 1. The number of hydrogen-bond acceptors (Lipinski definition) is 6. The van der Waals surface area contributed by atoms with Crippen LogP contribution in [0.25, 0.3) is 0 Å². The minimum atomic E-state index is -4.93. The number of carbonyl (C=O) groups is 1. The van der Waals surface area contributed by atoms with E-state index in [2.05, 4.69) is 4.28 Å². The van der Waals surface area contributed by atoms with Gasteiger partial charge in [0.05, 0.1) is 0 Å². The van der Waals surface area contributed by atoms with Crippen LogP contribution < -0.4 is 5.59 Å². The molecule has 0 fully saturated rings. The summed E-state index contributed by atoms with van der Waals surface area (Å²) in [5, 5.41) is 13.5. The Morgan fingerprint density at radius 2 is 2.09 bits per heavy atom. The summed E-state index contributed by atoms with van der Waals surface area (Å²) in [6.45, 7) is 0. The lowest BCUT2D eigenvalue weighted by molar-refractivity contribution is -0.591. The topological polar surface area (TPSA) is 136 Å². The molecular weight excluding hydrogens is 184 g/mol. The van der Waals surface area contributed by atoms with Crippen LogP contribution in [0.1, 0.15) is 0 Å². The highest BCUT2D eigenvalue weighted by atomic mass is 32.2. The van der Waals surface area contributed by atoms with Crippen LogP contribution in [0.4, 0.5) is 4.79 Å². The normalized spacial score (nSPS) is 10.5. The first-order valence-corrected chi connectivity index (χ1v) is 3.33. The molecule has 2 N–H and O–H groups in total. The molecule has 64 valence electrons. The molecule has 10 heteroatoms. The fourth-order valence-electron chi connectivity index (χ4n) is 0.115. The van der Waals surface area contributed by atoms with E-state index in [4.69, 9.17) is 5.11 Å². The number of nitrogens with zero attached hydrogens (tertiary/aromatic N) is 1. The predicted molar refractivity (Wildman–Crippen MR) is 28.2 cm³/mol. The second-order valence-corrected chi connectivity index (χ2v) is 2.58. The number of carboxylic acid groups (broad SMARTS) is 1. The monoisotopic (exact) mass is 186 g/mol. The molecular formula is CH2N2O7S. The molecule has 0 aliphatic rings. The molecule has 0 amide bonds. The molecule has 0 aromatic rings. The molecule has 0 atom stereocenters. The zero-order valence-electron chi connectivity index (χ0n) is 4.75. The second-order valence-electron chi connectivity index (χ2n) is 1.15. The summed E-state index contributed by atoms with van der Waals surface area (Å²) in [6, 6.07) is 0. The van der Waals surface area contributed by atoms with Crippen molar-refractivity contribution in [3.8, 4) is 0 Å². The summed E-state index contributed by atoms with van der Waals surface area (Å²) in [4.78, 5) is 19.0. The van der Waals surface area contributed by atoms with Crippen molar-refractivity contribution in [2.75, 3.05) is 0 Å². The Morgan fingerprint density at radius 1 is 1.64 bits per heavy atom. The van der Waals surface area contributed by atoms with Gasteiger partial charge >= 0.3 is 15.4 Å². The lowest BCUT2D eigenvalue weighted by Crippen LogP contribution is -2.29. The molecule has 11 heavy (non-hydrogen) atoms. The molecule has 0 saturated heterocycles. The first-order valence-electron chi connectivity index (χ1n) is 1.92. The van der Waals surface area contributed by atoms with E-state index in [0.29, 0.717) is 0 Å². The zero-order chi connectivity index (χ0) is 9.07. The van der Waals surface area contributed by atoms with Crippen LogP contribution in [0, 0.1) is 10.1 Å². The van der Waals surface area contributed by atoms with Crippen molar-refractivity contribution >= 4 is 15.4 Å². The van der Waals surface area contributed by atoms with Crippen LogP contribution in [0.5, 0.6) is 0 Å². The van der Waals surface area contributed by atoms with Gasteiger partial charge in [-0.1, -0.05) is 4.28 Å². The first kappa shape index (κ1) is 9.58. The average Bonchev–Trinajstić information content (AvgIpc) is 1.84. The molecule has 0 spiro atoms. The maximum absolute atomic E-state index is 10.0. The summed E-state index contributed by atoms with van der Waals surface area (Å²) in [7, 11) is -4.93. The summed E-state index contributed by atoms with van der Waals surface area (Å²) in [5.74, 6) is 0. The Morgan fingerprint density at radius 3 is 2.36 bits per heavy atom. The van der Waals surface area contributed by atoms with E-state index in [1.165, 1.54) is 0 Å². The van der Waals surface area contributed by atoms with E-state index in [1.54, 1.807) is 0 Å². The maximum Gasteiger partial charge on any atom is 0.451 e. The highest BCUT2D eigenvalue weighted by molar-refractivity contribution is 8.01. The molecule has 0 aliphatic heterocycles. The number of rotatable bonds is 3. The van der Waals surface area contributed by atoms with Crippen LogP contribution in [-0.2, 0) is 14.4 Å². The van der Waals surface area contributed by atoms with Gasteiger partial charge in [0.1, 0.15) is 0 Å². The van der Waals surface area contributed by atoms with Crippen molar-refractivity contribution in [2.24, 2.45) is 0 Å². The highest BCUT2D eigenvalue weighted by Crippen LogP contribution is 1.89. The standard InChI is InChI=1S/CH2N2O7S/c4-1(5)11(8,9)10-2-3(6)7/h2H,(H,4,5). The van der Waals surface area contributed by atoms with Crippen LogP contribution in [0.15, 0.2) is 0 Å². The Labute approximate surface area is 59.8 Å². The van der Waals surface area contributed by atoms with Gasteiger partial charge < -0.3 is 5.11 Å². The predicted octanol–water partition coefficient (Wildman–Crippen LogP) is -1.29. The molecule has 0 unspecified atom stereocenters. The zero-order valence-corrected chi connectivity index (χ0v) is 5.57. The molecule has 0 radical (unpaired) electrons. The Kier molecular flexibility index (Phi) is 2.71. The molecule has 0 saturated carbocycles. The van der Waals surface area contributed by atoms with Crippen molar-refractivity contribution in [3.05, 3.63) is 10.1 Å². The van der Waals surface area contributed by atoms with E-state index in [-0.39, 0.29) is 0 Å². The third-order valence-corrected chi connectivity index (χ3v) is 1.16. The fourth-order valence-corrected chi connectivity index (χ4v) is 0.345. The Balaban J connectivity index is 4.17. The van der Waals surface area contributed by atoms with Crippen molar-refractivity contribution in [3.63, 3.8) is 0 Å². The summed E-state index contributed by atoms with van der Waals surface area (Å²) >= 11 is 0. The molecule has 0 aromatic heterocycles. The second kappa shape index (κ2) is 3.12. The van der Waals surface area contributed by atoms with Crippen molar-refractivity contribution in [1.82, 2.24) is 5.59 Å². The first-order chi connectivity index (χ1) is 4.86. The van der Waals surface area contributed by atoms with Crippen molar-refractivity contribution < 1.29 is 27.6 Å². The minimum absolute atomic E-state index is 0.721. The average molecular weight is 186 g/mol. The van der Waals surface area contributed by atoms with Gasteiger partial charge in [0.2, 0.25) is 0 Å². The third-order valence-electron chi connectivity index (χ3n) is 0.435. The van der Waals surface area contributed by atoms with Crippen LogP contribution in [-0.4, -0.2) is 23.9 Å². The molecule has 0 rings (SSSR count). The molecule has 9 nitrogen and oxygen atoms in total. The molecule has 0 aromatic carbocycles. The van der Waals surface area contributed by atoms with Crippen molar-refractivity contribution in [1.29, 1.82) is 0 Å². The third kappa shape index (κ3) is 3.32. The molecule has 0 aliphatic carbocycles. The van der Waals surface area contributed by atoms with Gasteiger partial charge in [0, 0.05) is 5.59 Å². The Bertz CT molecular complexity index is 264. The smallest absolute Gasteiger partial charge is 0.451 e. The number of nitrogens with one attached hydrogen (secondary N) is 1. The molecule has 0 heterocycles. The van der Waals surface area contributed by atoms with Gasteiger partial charge in [-0.2, -0.15) is 8.42 Å².